The third-order valence-corrected chi connectivity index (χ3v) is 26.5. The molecule has 14 aliphatic heterocycles. The van der Waals surface area contributed by atoms with E-state index in [1.165, 1.54) is 0 Å². The fourth-order valence-electron chi connectivity index (χ4n) is 19.1. The summed E-state index contributed by atoms with van der Waals surface area (Å²) in [7, 11) is 0. The predicted octanol–water partition coefficient (Wildman–Crippen LogP) is 17.2. The van der Waals surface area contributed by atoms with Crippen molar-refractivity contribution in [2.24, 2.45) is 124 Å². The second kappa shape index (κ2) is 26.7. The maximum atomic E-state index is 7.62. The fraction of sp³-hybridized carbons (Fsp3) is 1.00. The molecule has 7 saturated carbocycles. The molecule has 0 amide bonds. The van der Waals surface area contributed by atoms with Gasteiger partial charge in [0.15, 0.2) is 0 Å². The van der Waals surface area contributed by atoms with E-state index in [1.54, 1.807) is 0 Å². The number of hydrogen-bond acceptors (Lipinski definition) is 7. The van der Waals surface area contributed by atoms with Crippen LogP contribution in [0.3, 0.4) is 0 Å². The lowest BCUT2D eigenvalue weighted by Crippen LogP contribution is -2.55. The number of rotatable bonds is 7. The lowest BCUT2D eigenvalue weighted by atomic mass is 9.67. The Bertz CT molecular complexity index is 1420. The molecule has 21 rings (SSSR count). The highest BCUT2D eigenvalue weighted by atomic mass is 16.5. The van der Waals surface area contributed by atoms with Gasteiger partial charge in [0, 0.05) is 0 Å². The van der Waals surface area contributed by atoms with Crippen LogP contribution in [0.4, 0.5) is 0 Å². The maximum Gasteiger partial charge on any atom is 0.0637 e. The zero-order valence-electron chi connectivity index (χ0n) is 54.0. The molecule has 0 aromatic carbocycles. The monoisotopic (exact) mass is 1080 g/mol. The van der Waals surface area contributed by atoms with Crippen LogP contribution in [0, 0.1) is 124 Å². The van der Waals surface area contributed by atoms with Crippen LogP contribution in [-0.2, 0) is 33.2 Å². The Morgan fingerprint density at radius 1 is 0.182 bits per heavy atom. The normalized spacial score (nSPS) is 55.4. The van der Waals surface area contributed by atoms with Gasteiger partial charge in [-0.2, -0.15) is 0 Å². The van der Waals surface area contributed by atoms with Crippen molar-refractivity contribution < 1.29 is 33.2 Å². The van der Waals surface area contributed by atoms with Crippen molar-refractivity contribution in [3.05, 3.63) is 0 Å². The molecule has 0 radical (unpaired) electrons. The molecule has 0 spiro atoms. The molecule has 7 heteroatoms. The Morgan fingerprint density at radius 2 is 0.286 bits per heavy atom. The molecular formula is C70H126O7. The molecule has 21 aliphatic rings. The largest absolute Gasteiger partial charge is 0.374 e. The molecule has 7 nitrogen and oxygen atoms in total. The van der Waals surface area contributed by atoms with Crippen molar-refractivity contribution in [3.8, 4) is 0 Å². The van der Waals surface area contributed by atoms with Crippen molar-refractivity contribution >= 4 is 0 Å². The van der Waals surface area contributed by atoms with Gasteiger partial charge in [-0.3, -0.25) is 0 Å². The van der Waals surface area contributed by atoms with Gasteiger partial charge in [-0.05, 0) is 169 Å². The summed E-state index contributed by atoms with van der Waals surface area (Å²) in [6.45, 7) is 52.0. The maximum absolute atomic E-state index is 7.62. The smallest absolute Gasteiger partial charge is 0.0637 e. The Morgan fingerprint density at radius 3 is 0.377 bits per heavy atom. The molecule has 35 atom stereocenters. The summed E-state index contributed by atoms with van der Waals surface area (Å²) in [4.78, 5) is 0. The standard InChI is InChI=1S/C70H126O7/c1-22-50-29-57-36(8)43(15)64(50)71-58-30-51(23-2)66(44(16)37(58)9)73-60-32-53(25-4)68(46(18)39(60)11)75-62-34-55(27-6)70(48(20)41(62)13)77-63-35-56(28-7)69(49(21)42(63)14)76-61-33-54(26-5)67(47(19)40(61)12)74-59-31-52(24-3)65(72-57)45(17)38(59)10/h36-70H,22-35H2,1-21H3/t36?,37?,38?,39?,40?,41?,42?,43-,44-,45-,46-,47-,48-,49-,50?,51?,52?,53?,54?,55?,56?,57+,58+,59+,60+,61+,62+,63?,64+,65+,66+,67+,68+,69+,70+/m1/s1. The zero-order chi connectivity index (χ0) is 56.1. The van der Waals surface area contributed by atoms with Crippen LogP contribution in [0.5, 0.6) is 0 Å². The van der Waals surface area contributed by atoms with Crippen molar-refractivity contribution in [1.82, 2.24) is 0 Å². The summed E-state index contributed by atoms with van der Waals surface area (Å²) >= 11 is 0. The van der Waals surface area contributed by atoms with Crippen LogP contribution in [0.2, 0.25) is 0 Å². The molecular weight excluding hydrogens is 953 g/mol. The summed E-state index contributed by atoms with van der Waals surface area (Å²) in [5, 5.41) is 0. The van der Waals surface area contributed by atoms with Crippen LogP contribution < -0.4 is 0 Å². The van der Waals surface area contributed by atoms with Gasteiger partial charge in [0.25, 0.3) is 0 Å². The summed E-state index contributed by atoms with van der Waals surface area (Å²) in [5.74, 6) is 9.62. The first kappa shape index (κ1) is 62.8. The Hall–Kier alpha value is -0.280. The molecule has 7 aliphatic carbocycles. The average molecular weight is 1080 g/mol. The van der Waals surface area contributed by atoms with E-state index in [1.807, 2.05) is 0 Å². The zero-order valence-corrected chi connectivity index (χ0v) is 54.0. The highest BCUT2D eigenvalue weighted by Crippen LogP contribution is 2.52. The molecule has 15 unspecified atom stereocenters. The van der Waals surface area contributed by atoms with Gasteiger partial charge < -0.3 is 33.2 Å². The summed E-state index contributed by atoms with van der Waals surface area (Å²) in [5.41, 5.74) is 0. The van der Waals surface area contributed by atoms with E-state index in [4.69, 9.17) is 33.2 Å². The summed E-state index contributed by atoms with van der Waals surface area (Å²) in [6.07, 6.45) is 19.3. The Balaban J connectivity index is 1.08. The van der Waals surface area contributed by atoms with E-state index in [-0.39, 0.29) is 85.5 Å². The van der Waals surface area contributed by atoms with E-state index in [9.17, 15) is 0 Å². The van der Waals surface area contributed by atoms with Crippen LogP contribution in [0.25, 0.3) is 0 Å². The molecule has 0 N–H and O–H groups in total. The number of hydrogen-bond donors (Lipinski definition) is 0. The van der Waals surface area contributed by atoms with E-state index < -0.39 is 0 Å². The molecule has 448 valence electrons. The van der Waals surface area contributed by atoms with Gasteiger partial charge in [0.2, 0.25) is 0 Å². The van der Waals surface area contributed by atoms with Gasteiger partial charge in [-0.15, -0.1) is 0 Å². The van der Waals surface area contributed by atoms with Crippen molar-refractivity contribution in [1.29, 1.82) is 0 Å². The second-order valence-corrected chi connectivity index (χ2v) is 29.8. The van der Waals surface area contributed by atoms with E-state index >= 15 is 0 Å². The van der Waals surface area contributed by atoms with Crippen LogP contribution in [0.15, 0.2) is 0 Å². The van der Waals surface area contributed by atoms with Crippen LogP contribution in [0.1, 0.15) is 235 Å². The minimum Gasteiger partial charge on any atom is -0.374 e. The van der Waals surface area contributed by atoms with Crippen LogP contribution in [-0.4, -0.2) is 85.5 Å². The Kier molecular flexibility index (Phi) is 21.8. The van der Waals surface area contributed by atoms with Crippen molar-refractivity contribution in [3.63, 3.8) is 0 Å². The minimum atomic E-state index is 0.255. The molecule has 77 heavy (non-hydrogen) atoms. The quantitative estimate of drug-likeness (QED) is 0.252. The average Bonchev–Trinajstić information content (AvgIpc) is 3.47. The predicted molar refractivity (Wildman–Crippen MR) is 318 cm³/mol. The fourth-order valence-corrected chi connectivity index (χ4v) is 19.1. The first-order valence-electron chi connectivity index (χ1n) is 34.2. The molecule has 14 heterocycles. The first-order chi connectivity index (χ1) is 36.7. The third-order valence-electron chi connectivity index (χ3n) is 26.5. The van der Waals surface area contributed by atoms with Gasteiger partial charge in [0.05, 0.1) is 85.5 Å². The lowest BCUT2D eigenvalue weighted by Gasteiger charge is -2.53. The van der Waals surface area contributed by atoms with E-state index in [0.29, 0.717) is 124 Å². The minimum absolute atomic E-state index is 0.255. The molecule has 14 bridgehead atoms. The molecule has 0 aromatic rings. The lowest BCUT2D eigenvalue weighted by molar-refractivity contribution is -0.224. The third kappa shape index (κ3) is 12.5. The second-order valence-electron chi connectivity index (χ2n) is 29.8. The van der Waals surface area contributed by atoms with Gasteiger partial charge in [0.1, 0.15) is 0 Å². The SMILES string of the molecule is CCC1CC2O[C@@H]3C(CC)C[C@H](O[C@@H]4C(CC)C[C@H](O[C@@H]5C(CC)C[C@H](O[C@@H]6C(CC)C[C@H](O[C@@H]7C(CC)C[C@H](O[C@@H]8C(CC)C[C@H](O[C@H]1[C@H](C)C2C)C(C)[C@H]8C)C(C)[C@H]7C)C(C)[C@H]6C)C(C)[C@H]5C)C(C)[C@H]4C)C(C)[C@H]3C. The van der Waals surface area contributed by atoms with E-state index in [2.05, 4.69) is 145 Å². The molecule has 14 saturated heterocycles. The van der Waals surface area contributed by atoms with Gasteiger partial charge >= 0.3 is 0 Å². The summed E-state index contributed by atoms with van der Waals surface area (Å²) in [6, 6.07) is 0. The first-order valence-corrected chi connectivity index (χ1v) is 34.2. The number of ether oxygens (including phenoxy) is 7. The van der Waals surface area contributed by atoms with Crippen molar-refractivity contribution in [2.45, 2.75) is 321 Å². The topological polar surface area (TPSA) is 64.6 Å². The van der Waals surface area contributed by atoms with E-state index in [0.717, 1.165) is 89.9 Å². The summed E-state index contributed by atoms with van der Waals surface area (Å²) < 4.78 is 53.3. The molecule has 21 fully saturated rings. The van der Waals surface area contributed by atoms with Gasteiger partial charge in [-0.25, -0.2) is 0 Å². The molecule has 0 aromatic heterocycles. The van der Waals surface area contributed by atoms with Crippen LogP contribution >= 0.6 is 0 Å². The van der Waals surface area contributed by atoms with Crippen molar-refractivity contribution in [2.75, 3.05) is 0 Å². The van der Waals surface area contributed by atoms with Gasteiger partial charge in [-0.1, -0.05) is 190 Å². The highest BCUT2D eigenvalue weighted by Gasteiger charge is 2.54. The highest BCUT2D eigenvalue weighted by molar-refractivity contribution is 5.02. The Labute approximate surface area is 476 Å².